The van der Waals surface area contributed by atoms with E-state index in [1.807, 2.05) is 37.0 Å². The number of ether oxygens (including phenoxy) is 1. The van der Waals surface area contributed by atoms with Gasteiger partial charge in [-0.15, -0.1) is 0 Å². The monoisotopic (exact) mass is 484 g/mol. The van der Waals surface area contributed by atoms with Crippen molar-refractivity contribution in [1.29, 1.82) is 0 Å². The van der Waals surface area contributed by atoms with E-state index in [1.165, 1.54) is 24.5 Å². The first-order valence-electron chi connectivity index (χ1n) is 12.7. The van der Waals surface area contributed by atoms with Crippen molar-refractivity contribution in [2.45, 2.75) is 57.6 Å². The highest BCUT2D eigenvalue weighted by Gasteiger charge is 2.40. The fourth-order valence-corrected chi connectivity index (χ4v) is 6.04. The number of pyridine rings is 1. The molecule has 1 aromatic carbocycles. The first kappa shape index (κ1) is 21.6. The molecule has 1 aliphatic heterocycles. The second-order valence-electron chi connectivity index (χ2n) is 10.7. The molecule has 3 aromatic heterocycles. The second kappa shape index (κ2) is 7.66. The third-order valence-electron chi connectivity index (χ3n) is 7.95. The van der Waals surface area contributed by atoms with Gasteiger partial charge >= 0.3 is 0 Å². The summed E-state index contributed by atoms with van der Waals surface area (Å²) >= 11 is 0. The number of nitrogens with two attached hydrogens (primary N) is 1. The zero-order chi connectivity index (χ0) is 24.7. The number of aryl methyl sites for hydroxylation is 1. The van der Waals surface area contributed by atoms with Crippen LogP contribution in [0.4, 0.5) is 10.2 Å². The summed E-state index contributed by atoms with van der Waals surface area (Å²) in [5.41, 5.74) is 14.3. The highest BCUT2D eigenvalue weighted by atomic mass is 19.1. The number of hydrogen-bond acceptors (Lipinski definition) is 5. The van der Waals surface area contributed by atoms with Gasteiger partial charge in [-0.3, -0.25) is 9.36 Å². The third-order valence-corrected chi connectivity index (χ3v) is 7.95. The van der Waals surface area contributed by atoms with Crippen molar-refractivity contribution in [3.8, 4) is 28.3 Å². The number of aromatic nitrogens is 5. The lowest BCUT2D eigenvalue weighted by Crippen LogP contribution is -2.11. The Labute approximate surface area is 209 Å². The van der Waals surface area contributed by atoms with Gasteiger partial charge in [0.2, 0.25) is 0 Å². The van der Waals surface area contributed by atoms with E-state index < -0.39 is 6.10 Å². The van der Waals surface area contributed by atoms with Crippen LogP contribution in [-0.4, -0.2) is 24.5 Å². The molecule has 2 aliphatic carbocycles. The van der Waals surface area contributed by atoms with Gasteiger partial charge in [-0.05, 0) is 56.4 Å². The Kier molecular flexibility index (Phi) is 4.59. The van der Waals surface area contributed by atoms with Crippen LogP contribution >= 0.6 is 0 Å². The van der Waals surface area contributed by atoms with E-state index in [0.717, 1.165) is 52.3 Å². The van der Waals surface area contributed by atoms with Crippen molar-refractivity contribution < 1.29 is 9.13 Å². The Hall–Kier alpha value is -3.68. The summed E-state index contributed by atoms with van der Waals surface area (Å²) < 4.78 is 24.9. The first-order valence-corrected chi connectivity index (χ1v) is 12.7. The summed E-state index contributed by atoms with van der Waals surface area (Å²) in [6.07, 6.45) is 6.92. The highest BCUT2D eigenvalue weighted by molar-refractivity contribution is 5.75. The number of hydrogen-bond donors (Lipinski definition) is 1. The molecule has 184 valence electrons. The first-order chi connectivity index (χ1) is 17.4. The number of rotatable bonds is 2. The maximum Gasteiger partial charge on any atom is 0.166 e. The van der Waals surface area contributed by atoms with Gasteiger partial charge in [-0.2, -0.15) is 10.2 Å². The van der Waals surface area contributed by atoms with E-state index in [0.29, 0.717) is 23.4 Å². The van der Waals surface area contributed by atoms with Crippen LogP contribution in [0.15, 0.2) is 36.7 Å². The molecule has 7 rings (SSSR count). The van der Waals surface area contributed by atoms with Gasteiger partial charge in [0, 0.05) is 65.6 Å². The van der Waals surface area contributed by atoms with Gasteiger partial charge in [0.05, 0.1) is 17.1 Å². The normalized spacial score (nSPS) is 22.2. The molecule has 7 nitrogen and oxygen atoms in total. The number of fused-ring (bicyclic) bond motifs is 7. The van der Waals surface area contributed by atoms with Crippen molar-refractivity contribution >= 4 is 5.82 Å². The Morgan fingerprint density at radius 2 is 1.97 bits per heavy atom. The quantitative estimate of drug-likeness (QED) is 0.402. The lowest BCUT2D eigenvalue weighted by atomic mass is 9.87. The van der Waals surface area contributed by atoms with E-state index in [2.05, 4.69) is 22.8 Å². The zero-order valence-corrected chi connectivity index (χ0v) is 20.7. The average molecular weight is 485 g/mol. The average Bonchev–Trinajstić information content (AvgIpc) is 3.34. The van der Waals surface area contributed by atoms with E-state index in [-0.39, 0.29) is 11.7 Å². The summed E-state index contributed by atoms with van der Waals surface area (Å²) in [6, 6.07) is 6.83. The second-order valence-corrected chi connectivity index (χ2v) is 10.7. The molecule has 4 aromatic rings. The van der Waals surface area contributed by atoms with Crippen LogP contribution in [-0.2, 0) is 13.6 Å². The smallest absolute Gasteiger partial charge is 0.166 e. The number of halogens is 1. The van der Waals surface area contributed by atoms with Crippen LogP contribution in [0.1, 0.15) is 73.4 Å². The number of nitrogens with zero attached hydrogens (tertiary/aromatic N) is 5. The van der Waals surface area contributed by atoms with Crippen LogP contribution in [0.5, 0.6) is 5.75 Å². The molecule has 2 bridgehead atoms. The van der Waals surface area contributed by atoms with Crippen LogP contribution in [0, 0.1) is 11.7 Å². The van der Waals surface area contributed by atoms with Crippen LogP contribution in [0.25, 0.3) is 22.5 Å². The number of benzene rings is 1. The number of nitrogen functional groups attached to an aromatic ring is 1. The topological polar surface area (TPSA) is 83.8 Å². The van der Waals surface area contributed by atoms with Crippen molar-refractivity contribution in [3.05, 3.63) is 64.9 Å². The molecule has 0 amide bonds. The Morgan fingerprint density at radius 1 is 1.14 bits per heavy atom. The fourth-order valence-electron chi connectivity index (χ4n) is 6.04. The Morgan fingerprint density at radius 3 is 2.78 bits per heavy atom. The summed E-state index contributed by atoms with van der Waals surface area (Å²) in [7, 11) is 1.94. The predicted molar refractivity (Wildman–Crippen MR) is 135 cm³/mol. The summed E-state index contributed by atoms with van der Waals surface area (Å²) in [4.78, 5) is 4.51. The summed E-state index contributed by atoms with van der Waals surface area (Å²) in [5.74, 6) is 1.60. The maximum atomic E-state index is 14.5. The van der Waals surface area contributed by atoms with Gasteiger partial charge in [-0.25, -0.2) is 9.37 Å². The summed E-state index contributed by atoms with van der Waals surface area (Å²) in [6.45, 7) is 5.07. The predicted octanol–water partition coefficient (Wildman–Crippen LogP) is 5.57. The third kappa shape index (κ3) is 3.27. The molecule has 36 heavy (non-hydrogen) atoms. The Bertz CT molecular complexity index is 1520. The molecule has 0 unspecified atom stereocenters. The SMILES string of the molecule is C[C@@H]1C[C@@H]2c3cn(C)nc3-c3ccc(F)cc3[C@@H](C)Oc3cc(cnc3N)-c3c2c1nn3CC1CC1. The van der Waals surface area contributed by atoms with E-state index in [1.54, 1.807) is 6.07 Å². The molecule has 2 N–H and O–H groups in total. The largest absolute Gasteiger partial charge is 0.482 e. The van der Waals surface area contributed by atoms with Gasteiger partial charge in [0.1, 0.15) is 11.9 Å². The molecule has 1 fully saturated rings. The van der Waals surface area contributed by atoms with Gasteiger partial charge in [0.25, 0.3) is 0 Å². The highest BCUT2D eigenvalue weighted by Crippen LogP contribution is 2.52. The van der Waals surface area contributed by atoms with E-state index in [9.17, 15) is 4.39 Å². The molecule has 3 aliphatic rings. The molecule has 3 atom stereocenters. The molecule has 0 saturated heterocycles. The molecular formula is C28H29FN6O. The van der Waals surface area contributed by atoms with Crippen molar-refractivity contribution in [3.63, 3.8) is 0 Å². The van der Waals surface area contributed by atoms with Gasteiger partial charge < -0.3 is 10.5 Å². The minimum atomic E-state index is -0.460. The van der Waals surface area contributed by atoms with Crippen LogP contribution in [0.2, 0.25) is 0 Å². The van der Waals surface area contributed by atoms with Crippen molar-refractivity contribution in [2.75, 3.05) is 5.73 Å². The van der Waals surface area contributed by atoms with Crippen molar-refractivity contribution in [2.24, 2.45) is 13.0 Å². The van der Waals surface area contributed by atoms with Crippen LogP contribution in [0.3, 0.4) is 0 Å². The standard InChI is InChI=1S/C28H29FN6O/c1-14-8-21-22-13-34(3)32-26(22)19-7-6-18(29)10-20(19)15(2)36-23-9-17(11-31-28(23)30)27-24(21)25(14)33-35(27)12-16-4-5-16/h6-7,9-11,13-16,21H,4-5,8,12H2,1-3H3,(H2,30,31)/t14-,15-,21-/m1/s1. The summed E-state index contributed by atoms with van der Waals surface area (Å²) in [5, 5.41) is 10.1. The number of anilines is 1. The molecule has 4 heterocycles. The molecular weight excluding hydrogens is 455 g/mol. The molecule has 0 radical (unpaired) electrons. The van der Waals surface area contributed by atoms with Crippen molar-refractivity contribution in [1.82, 2.24) is 24.5 Å². The molecule has 1 saturated carbocycles. The lowest BCUT2D eigenvalue weighted by Gasteiger charge is -2.22. The minimum absolute atomic E-state index is 0.121. The minimum Gasteiger partial charge on any atom is -0.482 e. The fraction of sp³-hybridized carbons (Fsp3) is 0.393. The Balaban J connectivity index is 1.55. The van der Waals surface area contributed by atoms with E-state index >= 15 is 0 Å². The van der Waals surface area contributed by atoms with Gasteiger partial charge in [-0.1, -0.05) is 6.92 Å². The zero-order valence-electron chi connectivity index (χ0n) is 20.7. The molecule has 0 spiro atoms. The van der Waals surface area contributed by atoms with E-state index in [4.69, 9.17) is 20.7 Å². The maximum absolute atomic E-state index is 14.5. The lowest BCUT2D eigenvalue weighted by molar-refractivity contribution is 0.227. The van der Waals surface area contributed by atoms with Gasteiger partial charge in [0.15, 0.2) is 11.6 Å². The van der Waals surface area contributed by atoms with Crippen LogP contribution < -0.4 is 10.5 Å². The molecule has 8 heteroatoms.